The van der Waals surface area contributed by atoms with Crippen molar-refractivity contribution in [1.82, 2.24) is 0 Å². The molecule has 0 bridgehead atoms. The van der Waals surface area contributed by atoms with Gasteiger partial charge >= 0.3 is 0 Å². The summed E-state index contributed by atoms with van der Waals surface area (Å²) in [7, 11) is 0. The highest BCUT2D eigenvalue weighted by molar-refractivity contribution is 9.10. The number of rotatable bonds is 2. The zero-order valence-electron chi connectivity index (χ0n) is 10.2. The second kappa shape index (κ2) is 4.52. The average Bonchev–Trinajstić information content (AvgIpc) is 2.68. The van der Waals surface area contributed by atoms with E-state index in [0.717, 1.165) is 23.7 Å². The molecule has 0 amide bonds. The summed E-state index contributed by atoms with van der Waals surface area (Å²) < 4.78 is 1.16. The van der Waals surface area contributed by atoms with E-state index < -0.39 is 0 Å². The second-order valence-electron chi connectivity index (χ2n) is 5.25. The molecule has 0 saturated heterocycles. The SMILES string of the molecule is NC1(Cc2ccccc2Br)Cc2ccccc2C1. The Morgan fingerprint density at radius 1 is 0.944 bits per heavy atom. The van der Waals surface area contributed by atoms with Crippen molar-refractivity contribution in [1.29, 1.82) is 0 Å². The van der Waals surface area contributed by atoms with Crippen LogP contribution in [-0.2, 0) is 19.3 Å². The Hall–Kier alpha value is -1.12. The Bertz CT molecular complexity index is 552. The summed E-state index contributed by atoms with van der Waals surface area (Å²) in [4.78, 5) is 0. The third-order valence-corrected chi connectivity index (χ3v) is 4.48. The van der Waals surface area contributed by atoms with Gasteiger partial charge in [0.1, 0.15) is 0 Å². The molecular formula is C16H16BrN. The molecular weight excluding hydrogens is 286 g/mol. The maximum Gasteiger partial charge on any atom is 0.0277 e. The first-order chi connectivity index (χ1) is 8.66. The molecule has 92 valence electrons. The molecule has 2 N–H and O–H groups in total. The van der Waals surface area contributed by atoms with Gasteiger partial charge in [-0.2, -0.15) is 0 Å². The van der Waals surface area contributed by atoms with Gasteiger partial charge in [-0.05, 0) is 42.0 Å². The molecule has 2 aromatic rings. The third-order valence-electron chi connectivity index (χ3n) is 3.70. The lowest BCUT2D eigenvalue weighted by Gasteiger charge is -2.24. The minimum atomic E-state index is -0.131. The van der Waals surface area contributed by atoms with Gasteiger partial charge in [-0.3, -0.25) is 0 Å². The molecule has 18 heavy (non-hydrogen) atoms. The smallest absolute Gasteiger partial charge is 0.0277 e. The van der Waals surface area contributed by atoms with E-state index in [1.807, 2.05) is 6.07 Å². The van der Waals surface area contributed by atoms with Crippen LogP contribution in [-0.4, -0.2) is 5.54 Å². The minimum absolute atomic E-state index is 0.131. The van der Waals surface area contributed by atoms with Crippen LogP contribution in [0.3, 0.4) is 0 Å². The molecule has 0 atom stereocenters. The fourth-order valence-corrected chi connectivity index (χ4v) is 3.29. The lowest BCUT2D eigenvalue weighted by Crippen LogP contribution is -2.43. The average molecular weight is 302 g/mol. The number of hydrogen-bond acceptors (Lipinski definition) is 1. The van der Waals surface area contributed by atoms with Gasteiger partial charge in [0.25, 0.3) is 0 Å². The van der Waals surface area contributed by atoms with Crippen LogP contribution in [0.2, 0.25) is 0 Å². The van der Waals surface area contributed by atoms with Crippen LogP contribution < -0.4 is 5.73 Å². The van der Waals surface area contributed by atoms with Crippen molar-refractivity contribution in [3.8, 4) is 0 Å². The topological polar surface area (TPSA) is 26.0 Å². The van der Waals surface area contributed by atoms with Gasteiger partial charge in [-0.15, -0.1) is 0 Å². The Balaban J connectivity index is 1.85. The molecule has 0 aromatic heterocycles. The van der Waals surface area contributed by atoms with Crippen LogP contribution in [0.4, 0.5) is 0 Å². The lowest BCUT2D eigenvalue weighted by molar-refractivity contribution is 0.445. The fourth-order valence-electron chi connectivity index (χ4n) is 2.87. The summed E-state index contributed by atoms with van der Waals surface area (Å²) in [5.41, 5.74) is 10.6. The van der Waals surface area contributed by atoms with Gasteiger partial charge in [0.05, 0.1) is 0 Å². The Labute approximate surface area is 116 Å². The predicted octanol–water partition coefficient (Wildman–Crippen LogP) is 3.49. The third kappa shape index (κ3) is 2.23. The Kier molecular flexibility index (Phi) is 3.00. The van der Waals surface area contributed by atoms with Crippen LogP contribution in [0.25, 0.3) is 0 Å². The maximum atomic E-state index is 6.59. The number of fused-ring (bicyclic) bond motifs is 1. The van der Waals surface area contributed by atoms with Crippen molar-refractivity contribution in [2.45, 2.75) is 24.8 Å². The molecule has 0 spiro atoms. The van der Waals surface area contributed by atoms with Crippen molar-refractivity contribution in [3.63, 3.8) is 0 Å². The normalized spacial score (nSPS) is 16.6. The van der Waals surface area contributed by atoms with Gasteiger partial charge in [0, 0.05) is 10.0 Å². The van der Waals surface area contributed by atoms with Crippen LogP contribution in [0.15, 0.2) is 53.0 Å². The number of benzene rings is 2. The number of halogens is 1. The highest BCUT2D eigenvalue weighted by atomic mass is 79.9. The Morgan fingerprint density at radius 3 is 2.11 bits per heavy atom. The molecule has 0 radical (unpaired) electrons. The van der Waals surface area contributed by atoms with Crippen LogP contribution in [0.5, 0.6) is 0 Å². The van der Waals surface area contributed by atoms with Crippen molar-refractivity contribution in [2.75, 3.05) is 0 Å². The molecule has 0 aliphatic heterocycles. The van der Waals surface area contributed by atoms with Crippen molar-refractivity contribution < 1.29 is 0 Å². The zero-order valence-corrected chi connectivity index (χ0v) is 11.8. The van der Waals surface area contributed by atoms with Crippen molar-refractivity contribution >= 4 is 15.9 Å². The zero-order chi connectivity index (χ0) is 12.6. The quantitative estimate of drug-likeness (QED) is 0.903. The first-order valence-corrected chi connectivity index (χ1v) is 7.05. The molecule has 0 saturated carbocycles. The first-order valence-electron chi connectivity index (χ1n) is 6.25. The van der Waals surface area contributed by atoms with E-state index >= 15 is 0 Å². The second-order valence-corrected chi connectivity index (χ2v) is 6.11. The van der Waals surface area contributed by atoms with E-state index in [1.54, 1.807) is 0 Å². The summed E-state index contributed by atoms with van der Waals surface area (Å²) in [5.74, 6) is 0. The van der Waals surface area contributed by atoms with Gasteiger partial charge in [0.15, 0.2) is 0 Å². The molecule has 1 aliphatic rings. The summed E-state index contributed by atoms with van der Waals surface area (Å²) in [6, 6.07) is 17.0. The molecule has 1 nitrogen and oxygen atoms in total. The van der Waals surface area contributed by atoms with Gasteiger partial charge in [-0.25, -0.2) is 0 Å². The van der Waals surface area contributed by atoms with Crippen molar-refractivity contribution in [2.24, 2.45) is 5.73 Å². The monoisotopic (exact) mass is 301 g/mol. The van der Waals surface area contributed by atoms with Crippen molar-refractivity contribution in [3.05, 3.63) is 69.7 Å². The van der Waals surface area contributed by atoms with Crippen LogP contribution in [0, 0.1) is 0 Å². The van der Waals surface area contributed by atoms with Crippen LogP contribution in [0.1, 0.15) is 16.7 Å². The predicted molar refractivity (Wildman–Crippen MR) is 78.6 cm³/mol. The van der Waals surface area contributed by atoms with E-state index in [0.29, 0.717) is 0 Å². The summed E-state index contributed by atoms with van der Waals surface area (Å²) in [6.45, 7) is 0. The minimum Gasteiger partial charge on any atom is -0.324 e. The van der Waals surface area contributed by atoms with E-state index in [1.165, 1.54) is 16.7 Å². The molecule has 0 unspecified atom stereocenters. The fraction of sp³-hybridized carbons (Fsp3) is 0.250. The number of nitrogens with two attached hydrogens (primary N) is 1. The molecule has 0 heterocycles. The van der Waals surface area contributed by atoms with E-state index in [9.17, 15) is 0 Å². The molecule has 1 aliphatic carbocycles. The standard InChI is InChI=1S/C16H16BrN/c17-15-8-4-3-7-14(15)11-16(18)9-12-5-1-2-6-13(12)10-16/h1-8H,9-11,18H2. The first kappa shape index (κ1) is 11.9. The number of hydrogen-bond donors (Lipinski definition) is 1. The van der Waals surface area contributed by atoms with Gasteiger partial charge in [0.2, 0.25) is 0 Å². The molecule has 3 rings (SSSR count). The Morgan fingerprint density at radius 2 is 1.50 bits per heavy atom. The summed E-state index contributed by atoms with van der Waals surface area (Å²) in [6.07, 6.45) is 2.87. The van der Waals surface area contributed by atoms with E-state index in [-0.39, 0.29) is 5.54 Å². The van der Waals surface area contributed by atoms with Gasteiger partial charge < -0.3 is 5.73 Å². The van der Waals surface area contributed by atoms with Crippen LogP contribution >= 0.6 is 15.9 Å². The van der Waals surface area contributed by atoms with Gasteiger partial charge in [-0.1, -0.05) is 58.4 Å². The van der Waals surface area contributed by atoms with E-state index in [4.69, 9.17) is 5.73 Å². The summed E-state index contributed by atoms with van der Waals surface area (Å²) >= 11 is 3.61. The maximum absolute atomic E-state index is 6.59. The molecule has 2 heteroatoms. The van der Waals surface area contributed by atoms with E-state index in [2.05, 4.69) is 58.4 Å². The summed E-state index contributed by atoms with van der Waals surface area (Å²) in [5, 5.41) is 0. The highest BCUT2D eigenvalue weighted by Crippen LogP contribution is 2.32. The lowest BCUT2D eigenvalue weighted by atomic mass is 9.89. The molecule has 0 fully saturated rings. The highest BCUT2D eigenvalue weighted by Gasteiger charge is 2.33. The molecule has 2 aromatic carbocycles. The largest absolute Gasteiger partial charge is 0.324 e.